The monoisotopic (exact) mass is 310 g/mol. The van der Waals surface area contributed by atoms with Crippen LogP contribution in [-0.2, 0) is 6.42 Å². The van der Waals surface area contributed by atoms with Gasteiger partial charge in [-0.1, -0.05) is 12.1 Å². The Morgan fingerprint density at radius 1 is 0.957 bits per heavy atom. The molecule has 0 amide bonds. The molecule has 0 atom stereocenters. The average Bonchev–Trinajstić information content (AvgIpc) is 2.51. The first-order valence-electron chi connectivity index (χ1n) is 7.10. The number of anilines is 3. The Hall–Kier alpha value is -3.09. The molecule has 0 fully saturated rings. The highest BCUT2D eigenvalue weighted by Crippen LogP contribution is 2.29. The highest BCUT2D eigenvalue weighted by atomic mass is 16.5. The van der Waals surface area contributed by atoms with Crippen LogP contribution in [0, 0.1) is 6.92 Å². The Labute approximate surface area is 133 Å². The molecule has 3 rings (SSSR count). The number of benzene rings is 1. The quantitative estimate of drug-likeness (QED) is 0.671. The van der Waals surface area contributed by atoms with E-state index in [1.807, 2.05) is 31.2 Å². The minimum absolute atomic E-state index is 0.0872. The number of pyridine rings is 1. The fraction of sp³-hybridized carbons (Fsp3) is 0.188. The number of nitrogen functional groups attached to an aromatic ring is 3. The first-order valence-corrected chi connectivity index (χ1v) is 7.10. The third kappa shape index (κ3) is 2.68. The number of rotatable bonds is 3. The summed E-state index contributed by atoms with van der Waals surface area (Å²) in [6.07, 6.45) is 0.633. The maximum absolute atomic E-state index is 6.11. The zero-order valence-electron chi connectivity index (χ0n) is 13.0. The Balaban J connectivity index is 2.09. The number of hydrogen-bond acceptors (Lipinski definition) is 7. The van der Waals surface area contributed by atoms with Crippen molar-refractivity contribution >= 4 is 28.6 Å². The van der Waals surface area contributed by atoms with Crippen molar-refractivity contribution in [2.24, 2.45) is 0 Å². The Morgan fingerprint density at radius 2 is 1.65 bits per heavy atom. The minimum atomic E-state index is 0.0872. The maximum atomic E-state index is 6.11. The van der Waals surface area contributed by atoms with E-state index >= 15 is 0 Å². The second kappa shape index (κ2) is 5.60. The molecule has 0 aliphatic heterocycles. The highest BCUT2D eigenvalue weighted by molar-refractivity contribution is 5.91. The fourth-order valence-corrected chi connectivity index (χ4v) is 2.62. The van der Waals surface area contributed by atoms with E-state index in [9.17, 15) is 0 Å². The lowest BCUT2D eigenvalue weighted by molar-refractivity contribution is 0.414. The lowest BCUT2D eigenvalue weighted by Gasteiger charge is -2.13. The smallest absolute Gasteiger partial charge is 0.224 e. The molecule has 0 aliphatic carbocycles. The van der Waals surface area contributed by atoms with Gasteiger partial charge in [0.25, 0.3) is 0 Å². The van der Waals surface area contributed by atoms with Crippen LogP contribution in [0.1, 0.15) is 16.7 Å². The fourth-order valence-electron chi connectivity index (χ4n) is 2.62. The second-order valence-electron chi connectivity index (χ2n) is 5.29. The van der Waals surface area contributed by atoms with E-state index in [2.05, 4.69) is 15.0 Å². The van der Waals surface area contributed by atoms with Gasteiger partial charge in [-0.05, 0) is 30.2 Å². The topological polar surface area (TPSA) is 126 Å². The highest BCUT2D eigenvalue weighted by Gasteiger charge is 2.15. The Bertz CT molecular complexity index is 876. The molecule has 0 saturated carbocycles. The molecule has 0 spiro atoms. The van der Waals surface area contributed by atoms with E-state index < -0.39 is 0 Å². The standard InChI is InChI=1S/C16H18N6O/c1-8-11(7-9-3-5-10(23-2)6-4-9)13(17)20-15-12(8)14(18)21-16(19)22-15/h3-6H,7H2,1-2H3,(H6,17,18,19,20,21,22). The van der Waals surface area contributed by atoms with Crippen LogP contribution in [0.25, 0.3) is 11.0 Å². The molecular weight excluding hydrogens is 292 g/mol. The molecule has 0 aliphatic rings. The van der Waals surface area contributed by atoms with Gasteiger partial charge in [-0.2, -0.15) is 9.97 Å². The predicted octanol–water partition coefficient (Wildman–Crippen LogP) is 1.68. The lowest BCUT2D eigenvalue weighted by Crippen LogP contribution is -2.08. The lowest BCUT2D eigenvalue weighted by atomic mass is 9.99. The summed E-state index contributed by atoms with van der Waals surface area (Å²) in [5.41, 5.74) is 21.0. The van der Waals surface area contributed by atoms with Gasteiger partial charge in [-0.3, -0.25) is 0 Å². The van der Waals surface area contributed by atoms with Gasteiger partial charge in [0, 0.05) is 12.0 Å². The molecule has 118 valence electrons. The number of nitrogens with two attached hydrogens (primary N) is 3. The van der Waals surface area contributed by atoms with E-state index in [1.54, 1.807) is 7.11 Å². The van der Waals surface area contributed by atoms with Gasteiger partial charge >= 0.3 is 0 Å². The number of aryl methyl sites for hydroxylation is 1. The number of fused-ring (bicyclic) bond motifs is 1. The first-order chi connectivity index (χ1) is 11.0. The van der Waals surface area contributed by atoms with Crippen LogP contribution in [0.3, 0.4) is 0 Å². The van der Waals surface area contributed by atoms with Crippen molar-refractivity contribution in [2.45, 2.75) is 13.3 Å². The largest absolute Gasteiger partial charge is 0.497 e. The van der Waals surface area contributed by atoms with Gasteiger partial charge in [0.05, 0.1) is 12.5 Å². The van der Waals surface area contributed by atoms with Crippen LogP contribution in [0.5, 0.6) is 5.75 Å². The van der Waals surface area contributed by atoms with Gasteiger partial charge in [0.1, 0.15) is 17.4 Å². The molecule has 7 nitrogen and oxygen atoms in total. The van der Waals surface area contributed by atoms with Gasteiger partial charge in [-0.25, -0.2) is 4.98 Å². The molecule has 0 saturated heterocycles. The molecule has 6 N–H and O–H groups in total. The summed E-state index contributed by atoms with van der Waals surface area (Å²) >= 11 is 0. The van der Waals surface area contributed by atoms with Crippen molar-refractivity contribution in [2.75, 3.05) is 24.3 Å². The number of ether oxygens (including phenoxy) is 1. The van der Waals surface area contributed by atoms with Gasteiger partial charge in [0.2, 0.25) is 5.95 Å². The maximum Gasteiger partial charge on any atom is 0.224 e. The molecule has 0 unspecified atom stereocenters. The summed E-state index contributed by atoms with van der Waals surface area (Å²) in [5.74, 6) is 1.63. The summed E-state index contributed by atoms with van der Waals surface area (Å²) in [4.78, 5) is 12.4. The van der Waals surface area contributed by atoms with Crippen molar-refractivity contribution in [1.29, 1.82) is 0 Å². The van der Waals surface area contributed by atoms with Crippen LogP contribution in [-0.4, -0.2) is 22.1 Å². The van der Waals surface area contributed by atoms with Crippen molar-refractivity contribution in [3.8, 4) is 5.75 Å². The molecule has 23 heavy (non-hydrogen) atoms. The van der Waals surface area contributed by atoms with E-state index in [0.29, 0.717) is 29.1 Å². The summed E-state index contributed by atoms with van der Waals surface area (Å²) in [6, 6.07) is 7.80. The molecule has 0 radical (unpaired) electrons. The van der Waals surface area contributed by atoms with Crippen molar-refractivity contribution in [3.63, 3.8) is 0 Å². The number of nitrogens with zero attached hydrogens (tertiary/aromatic N) is 3. The predicted molar refractivity (Wildman–Crippen MR) is 91.1 cm³/mol. The zero-order valence-corrected chi connectivity index (χ0v) is 13.0. The molecule has 7 heteroatoms. The van der Waals surface area contributed by atoms with E-state index in [-0.39, 0.29) is 5.95 Å². The third-order valence-electron chi connectivity index (χ3n) is 3.84. The Kier molecular flexibility index (Phi) is 3.61. The molecule has 1 aromatic carbocycles. The van der Waals surface area contributed by atoms with Crippen molar-refractivity contribution in [1.82, 2.24) is 15.0 Å². The first kappa shape index (κ1) is 14.8. The van der Waals surface area contributed by atoms with Crippen LogP contribution in [0.4, 0.5) is 17.6 Å². The number of aromatic nitrogens is 3. The average molecular weight is 310 g/mol. The van der Waals surface area contributed by atoms with E-state index in [1.165, 1.54) is 0 Å². The second-order valence-corrected chi connectivity index (χ2v) is 5.29. The van der Waals surface area contributed by atoms with Crippen LogP contribution >= 0.6 is 0 Å². The summed E-state index contributed by atoms with van der Waals surface area (Å²) < 4.78 is 5.17. The van der Waals surface area contributed by atoms with Gasteiger partial charge in [0.15, 0.2) is 5.65 Å². The van der Waals surface area contributed by atoms with Crippen LogP contribution in [0.15, 0.2) is 24.3 Å². The molecule has 2 heterocycles. The molecule has 3 aromatic rings. The van der Waals surface area contributed by atoms with Crippen LogP contribution in [0.2, 0.25) is 0 Å². The third-order valence-corrected chi connectivity index (χ3v) is 3.84. The van der Waals surface area contributed by atoms with E-state index in [4.69, 9.17) is 21.9 Å². The Morgan fingerprint density at radius 3 is 2.30 bits per heavy atom. The SMILES string of the molecule is COc1ccc(Cc2c(N)nc3nc(N)nc(N)c3c2C)cc1. The van der Waals surface area contributed by atoms with Gasteiger partial charge < -0.3 is 21.9 Å². The molecule has 2 aromatic heterocycles. The summed E-state index contributed by atoms with van der Waals surface area (Å²) in [7, 11) is 1.64. The number of methoxy groups -OCH3 is 1. The van der Waals surface area contributed by atoms with Crippen LogP contribution < -0.4 is 21.9 Å². The molecular formula is C16H18N6O. The summed E-state index contributed by atoms with van der Waals surface area (Å²) in [6.45, 7) is 1.94. The van der Waals surface area contributed by atoms with E-state index in [0.717, 1.165) is 22.4 Å². The molecule has 0 bridgehead atoms. The van der Waals surface area contributed by atoms with Crippen molar-refractivity contribution in [3.05, 3.63) is 41.0 Å². The normalized spacial score (nSPS) is 10.9. The minimum Gasteiger partial charge on any atom is -0.497 e. The van der Waals surface area contributed by atoms with Crippen molar-refractivity contribution < 1.29 is 4.74 Å². The zero-order chi connectivity index (χ0) is 16.6. The van der Waals surface area contributed by atoms with Gasteiger partial charge in [-0.15, -0.1) is 0 Å². The summed E-state index contributed by atoms with van der Waals surface area (Å²) in [5, 5.41) is 0.692. The number of hydrogen-bond donors (Lipinski definition) is 3.